The zero-order chi connectivity index (χ0) is 17.4. The summed E-state index contributed by atoms with van der Waals surface area (Å²) in [5.41, 5.74) is 1.56. The minimum Gasteiger partial charge on any atom is -0.378 e. The van der Waals surface area contributed by atoms with E-state index in [1.165, 1.54) is 6.07 Å². The number of morpholine rings is 1. The normalized spacial score (nSPS) is 14.8. The molecule has 0 unspecified atom stereocenters. The maximum absolute atomic E-state index is 12.7. The molecule has 1 aromatic carbocycles. The first-order valence-electron chi connectivity index (χ1n) is 8.01. The van der Waals surface area contributed by atoms with Gasteiger partial charge in [-0.3, -0.25) is 14.2 Å². The first-order chi connectivity index (χ1) is 12.1. The lowest BCUT2D eigenvalue weighted by atomic mass is 10.2. The van der Waals surface area contributed by atoms with Gasteiger partial charge in [0.25, 0.3) is 11.5 Å². The fourth-order valence-electron chi connectivity index (χ4n) is 3.02. The highest BCUT2D eigenvalue weighted by Crippen LogP contribution is 2.20. The molecule has 3 heterocycles. The Morgan fingerprint density at radius 1 is 1.08 bits per heavy atom. The number of carbonyl (C=O) groups excluding carboxylic acids is 1. The summed E-state index contributed by atoms with van der Waals surface area (Å²) < 4.78 is 6.83. The van der Waals surface area contributed by atoms with E-state index in [2.05, 4.69) is 4.98 Å². The molecule has 6 nitrogen and oxygen atoms in total. The summed E-state index contributed by atoms with van der Waals surface area (Å²) >= 11 is 5.93. The van der Waals surface area contributed by atoms with Crippen LogP contribution in [0.2, 0.25) is 5.02 Å². The number of benzene rings is 1. The number of carbonyl (C=O) groups is 1. The Bertz CT molecular complexity index is 985. The van der Waals surface area contributed by atoms with E-state index in [1.54, 1.807) is 45.9 Å². The van der Waals surface area contributed by atoms with E-state index in [0.29, 0.717) is 48.4 Å². The van der Waals surface area contributed by atoms with Gasteiger partial charge in [0.2, 0.25) is 0 Å². The second-order valence-corrected chi connectivity index (χ2v) is 6.31. The topological polar surface area (TPSA) is 67.3 Å². The number of H-pyrrole nitrogens is 1. The molecule has 0 spiro atoms. The Balaban J connectivity index is 1.80. The third-order valence-electron chi connectivity index (χ3n) is 4.29. The van der Waals surface area contributed by atoms with Crippen LogP contribution < -0.4 is 5.56 Å². The number of rotatable bonds is 2. The number of hydrogen-bond donors (Lipinski definition) is 1. The van der Waals surface area contributed by atoms with Gasteiger partial charge in [-0.15, -0.1) is 0 Å². The van der Waals surface area contributed by atoms with Crippen molar-refractivity contribution in [1.29, 1.82) is 0 Å². The molecular weight excluding hydrogens is 342 g/mol. The molecule has 2 aromatic heterocycles. The molecule has 0 aliphatic carbocycles. The van der Waals surface area contributed by atoms with Crippen LogP contribution in [0.3, 0.4) is 0 Å². The standard InChI is InChI=1S/C18H16ClN3O3/c19-13-2-4-14(5-3-13)22-16(23)6-1-12-11-15(20-17(12)22)18(24)21-7-9-25-10-8-21/h1-6,11,20H,7-10H2. The molecule has 1 saturated heterocycles. The number of aromatic nitrogens is 2. The Morgan fingerprint density at radius 3 is 2.52 bits per heavy atom. The van der Waals surface area contributed by atoms with Crippen molar-refractivity contribution in [3.63, 3.8) is 0 Å². The molecule has 1 amide bonds. The molecule has 1 N–H and O–H groups in total. The summed E-state index contributed by atoms with van der Waals surface area (Å²) in [5, 5.41) is 1.39. The molecule has 128 valence electrons. The van der Waals surface area contributed by atoms with Crippen molar-refractivity contribution < 1.29 is 9.53 Å². The van der Waals surface area contributed by atoms with Crippen molar-refractivity contribution in [2.45, 2.75) is 0 Å². The Hall–Kier alpha value is -2.57. The van der Waals surface area contributed by atoms with Crippen molar-refractivity contribution in [2.75, 3.05) is 26.3 Å². The molecule has 1 fully saturated rings. The Labute approximate surface area is 148 Å². The average Bonchev–Trinajstić information content (AvgIpc) is 3.07. The van der Waals surface area contributed by atoms with E-state index in [1.807, 2.05) is 0 Å². The summed E-state index contributed by atoms with van der Waals surface area (Å²) in [7, 11) is 0. The van der Waals surface area contributed by atoms with Crippen LogP contribution >= 0.6 is 11.6 Å². The Morgan fingerprint density at radius 2 is 1.80 bits per heavy atom. The van der Waals surface area contributed by atoms with Gasteiger partial charge in [0.15, 0.2) is 0 Å². The summed E-state index contributed by atoms with van der Waals surface area (Å²) in [5.74, 6) is -0.0883. The molecular formula is C18H16ClN3O3. The SMILES string of the molecule is O=C(c1cc2ccc(=O)n(-c3ccc(Cl)cc3)c2[nH]1)N1CCOCC1. The van der Waals surface area contributed by atoms with Crippen molar-refractivity contribution >= 4 is 28.5 Å². The highest BCUT2D eigenvalue weighted by molar-refractivity contribution is 6.30. The van der Waals surface area contributed by atoms with Crippen molar-refractivity contribution in [1.82, 2.24) is 14.5 Å². The van der Waals surface area contributed by atoms with Crippen LogP contribution in [0.1, 0.15) is 10.5 Å². The lowest BCUT2D eigenvalue weighted by Crippen LogP contribution is -2.40. The molecule has 4 rings (SSSR count). The van der Waals surface area contributed by atoms with Crippen LogP contribution in [0, 0.1) is 0 Å². The quantitative estimate of drug-likeness (QED) is 0.766. The second kappa shape index (κ2) is 6.38. The van der Waals surface area contributed by atoms with Crippen LogP contribution in [0.25, 0.3) is 16.7 Å². The number of nitrogens with zero attached hydrogens (tertiary/aromatic N) is 2. The van der Waals surface area contributed by atoms with E-state index in [4.69, 9.17) is 16.3 Å². The fourth-order valence-corrected chi connectivity index (χ4v) is 3.14. The van der Waals surface area contributed by atoms with Gasteiger partial charge in [0.1, 0.15) is 11.3 Å². The zero-order valence-corrected chi connectivity index (χ0v) is 14.1. The minimum atomic E-state index is -0.179. The van der Waals surface area contributed by atoms with Gasteiger partial charge in [-0.1, -0.05) is 11.6 Å². The lowest BCUT2D eigenvalue weighted by molar-refractivity contribution is 0.0299. The molecule has 25 heavy (non-hydrogen) atoms. The van der Waals surface area contributed by atoms with Gasteiger partial charge < -0.3 is 14.6 Å². The summed E-state index contributed by atoms with van der Waals surface area (Å²) in [6.07, 6.45) is 0. The summed E-state index contributed by atoms with van der Waals surface area (Å²) in [6.45, 7) is 2.22. The minimum absolute atomic E-state index is 0.0883. The molecule has 1 aliphatic rings. The molecule has 0 bridgehead atoms. The number of nitrogens with one attached hydrogen (secondary N) is 1. The van der Waals surface area contributed by atoms with E-state index in [9.17, 15) is 9.59 Å². The molecule has 7 heteroatoms. The molecule has 0 atom stereocenters. The number of amides is 1. The van der Waals surface area contributed by atoms with E-state index in [-0.39, 0.29) is 11.5 Å². The van der Waals surface area contributed by atoms with Gasteiger partial charge in [0.05, 0.1) is 18.9 Å². The fraction of sp³-hybridized carbons (Fsp3) is 0.222. The van der Waals surface area contributed by atoms with E-state index in [0.717, 1.165) is 5.39 Å². The van der Waals surface area contributed by atoms with Gasteiger partial charge >= 0.3 is 0 Å². The summed E-state index contributed by atoms with van der Waals surface area (Å²) in [6, 6.07) is 12.0. The smallest absolute Gasteiger partial charge is 0.270 e. The average molecular weight is 358 g/mol. The monoisotopic (exact) mass is 357 g/mol. The van der Waals surface area contributed by atoms with Crippen LogP contribution in [0.15, 0.2) is 47.3 Å². The summed E-state index contributed by atoms with van der Waals surface area (Å²) in [4.78, 5) is 29.9. The van der Waals surface area contributed by atoms with Crippen molar-refractivity contribution in [3.05, 3.63) is 63.5 Å². The van der Waals surface area contributed by atoms with E-state index >= 15 is 0 Å². The third kappa shape index (κ3) is 2.94. The maximum atomic E-state index is 12.7. The number of hydrogen-bond acceptors (Lipinski definition) is 3. The number of halogens is 1. The molecule has 0 saturated carbocycles. The predicted molar refractivity (Wildman–Crippen MR) is 95.6 cm³/mol. The number of fused-ring (bicyclic) bond motifs is 1. The van der Waals surface area contributed by atoms with Gasteiger partial charge in [-0.2, -0.15) is 0 Å². The highest BCUT2D eigenvalue weighted by Gasteiger charge is 2.21. The highest BCUT2D eigenvalue weighted by atomic mass is 35.5. The van der Waals surface area contributed by atoms with Crippen LogP contribution in [0.4, 0.5) is 0 Å². The number of aromatic amines is 1. The number of pyridine rings is 1. The second-order valence-electron chi connectivity index (χ2n) is 5.87. The third-order valence-corrected chi connectivity index (χ3v) is 4.54. The zero-order valence-electron chi connectivity index (χ0n) is 13.4. The first-order valence-corrected chi connectivity index (χ1v) is 8.39. The largest absolute Gasteiger partial charge is 0.378 e. The number of ether oxygens (including phenoxy) is 1. The Kier molecular flexibility index (Phi) is 4.07. The van der Waals surface area contributed by atoms with Crippen LogP contribution in [-0.4, -0.2) is 46.7 Å². The molecule has 0 radical (unpaired) electrons. The molecule has 3 aromatic rings. The van der Waals surface area contributed by atoms with Crippen molar-refractivity contribution in [2.24, 2.45) is 0 Å². The van der Waals surface area contributed by atoms with Crippen LogP contribution in [-0.2, 0) is 4.74 Å². The van der Waals surface area contributed by atoms with Gasteiger partial charge in [0, 0.05) is 29.6 Å². The lowest BCUT2D eigenvalue weighted by Gasteiger charge is -2.26. The van der Waals surface area contributed by atoms with Gasteiger partial charge in [-0.25, -0.2) is 0 Å². The van der Waals surface area contributed by atoms with E-state index < -0.39 is 0 Å². The van der Waals surface area contributed by atoms with Gasteiger partial charge in [-0.05, 0) is 36.4 Å². The molecule has 1 aliphatic heterocycles. The van der Waals surface area contributed by atoms with Crippen LogP contribution in [0.5, 0.6) is 0 Å². The van der Waals surface area contributed by atoms with Crippen molar-refractivity contribution in [3.8, 4) is 5.69 Å². The first kappa shape index (κ1) is 15.9. The maximum Gasteiger partial charge on any atom is 0.270 e. The predicted octanol–water partition coefficient (Wildman–Crippen LogP) is 2.44.